The molecule has 0 aliphatic carbocycles. The van der Waals surface area contributed by atoms with E-state index in [-0.39, 0.29) is 87.5 Å². The highest BCUT2D eigenvalue weighted by molar-refractivity contribution is 5.90. The van der Waals surface area contributed by atoms with Crippen molar-refractivity contribution in [1.82, 2.24) is 0 Å². The minimum atomic E-state index is -1.41. The second-order valence-electron chi connectivity index (χ2n) is 32.0. The van der Waals surface area contributed by atoms with Gasteiger partial charge in [0.25, 0.3) is 0 Å². The van der Waals surface area contributed by atoms with E-state index in [1.165, 1.54) is 7.11 Å². The van der Waals surface area contributed by atoms with Crippen molar-refractivity contribution in [2.24, 2.45) is 58.4 Å². The van der Waals surface area contributed by atoms with E-state index in [1.54, 1.807) is 127 Å². The number of benzene rings is 4. The standard InChI is InChI=1S/C85H115N3O28/c1-43-46(4)78(110-68-50(8)71(96-14)84(107-58(68)38-94-12)116-73-62-42-101-82(105-62)63(87-88-86)74(73)97-15)102-56(36-92-10)64(43)114-83-70(95-13)49(7)67(57(106-83)37-93-11)111-79-48(6)45(3)66(59(103-79)39-98-75(89)52-28-20-16-21-29-52)115-85-72(109-77(91)54-32-24-18-25-33-54)51(9)69(60(108-85)40-99-76(90)53-30-22-17-23-31-53)112-80-47(5)44(2)65-61(104-80)41-100-81(113-65)55-34-26-19-27-35-55/h16-35,43-51,56-74,78-85H,36-42H2,1-15H3/t43?,44?,45-,46?,47?,48?,49+,50?,51?,56+,57?,58+,59?,60+,61+,62?,63?,64+,65+,66+,67+,68+,69+,70?,71?,72?,73+,74+,78-,79+,80-,81?,82-,83+,84+,85+/m1/s1. The van der Waals surface area contributed by atoms with Gasteiger partial charge >= 0.3 is 17.9 Å². The van der Waals surface area contributed by atoms with Crippen LogP contribution in [0.2, 0.25) is 0 Å². The number of carbonyl (C=O) groups excluding carboxylic acids is 3. The highest BCUT2D eigenvalue weighted by Gasteiger charge is 2.60. The van der Waals surface area contributed by atoms with Gasteiger partial charge in [-0.1, -0.05) is 152 Å². The Morgan fingerprint density at radius 1 is 0.362 bits per heavy atom. The molecule has 0 spiro atoms. The van der Waals surface area contributed by atoms with E-state index >= 15 is 0 Å². The van der Waals surface area contributed by atoms with Crippen molar-refractivity contribution in [3.8, 4) is 0 Å². The average Bonchev–Trinajstić information content (AvgIpc) is 1.58. The molecule has 15 unspecified atom stereocenters. The molecule has 31 heteroatoms. The van der Waals surface area contributed by atoms with Gasteiger partial charge < -0.3 is 118 Å². The summed E-state index contributed by atoms with van der Waals surface area (Å²) in [5.41, 5.74) is 11.2. The molecule has 13 rings (SSSR count). The zero-order chi connectivity index (χ0) is 82.0. The Kier molecular flexibility index (Phi) is 30.5. The molecule has 9 saturated heterocycles. The number of methoxy groups -OCH3 is 6. The Morgan fingerprint density at radius 3 is 1.16 bits per heavy atom. The van der Waals surface area contributed by atoms with Crippen LogP contribution in [0.3, 0.4) is 0 Å². The summed E-state index contributed by atoms with van der Waals surface area (Å²) in [5.74, 6) is -5.43. The predicted octanol–water partition coefficient (Wildman–Crippen LogP) is 9.84. The second-order valence-corrected chi connectivity index (χ2v) is 32.0. The lowest BCUT2D eigenvalue weighted by atomic mass is 9.83. The monoisotopic (exact) mass is 1630 g/mol. The van der Waals surface area contributed by atoms with Gasteiger partial charge in [-0.2, -0.15) is 0 Å². The van der Waals surface area contributed by atoms with Crippen molar-refractivity contribution in [2.75, 3.05) is 88.9 Å². The molecule has 0 saturated carbocycles. The van der Waals surface area contributed by atoms with Crippen LogP contribution in [0.4, 0.5) is 0 Å². The number of ether oxygens (including phenoxy) is 25. The smallest absolute Gasteiger partial charge is 0.338 e. The Morgan fingerprint density at radius 2 is 0.724 bits per heavy atom. The molecule has 638 valence electrons. The van der Waals surface area contributed by atoms with Gasteiger partial charge in [-0.15, -0.1) is 0 Å². The number of hydrogen-bond donors (Lipinski definition) is 0. The van der Waals surface area contributed by atoms with Crippen molar-refractivity contribution < 1.29 is 133 Å². The topological polar surface area (TPSA) is 331 Å². The fraction of sp³-hybridized carbons (Fsp3) is 0.682. The van der Waals surface area contributed by atoms with E-state index in [0.29, 0.717) is 11.1 Å². The molecule has 9 heterocycles. The summed E-state index contributed by atoms with van der Waals surface area (Å²) in [6.07, 6.45) is -21.3. The van der Waals surface area contributed by atoms with Crippen LogP contribution in [0.5, 0.6) is 0 Å². The molecular formula is C85H115N3O28. The molecular weight excluding hydrogens is 1510 g/mol. The number of rotatable bonds is 31. The Labute approximate surface area is 677 Å². The third-order valence-corrected chi connectivity index (χ3v) is 24.9. The van der Waals surface area contributed by atoms with Crippen molar-refractivity contribution in [2.45, 2.75) is 229 Å². The van der Waals surface area contributed by atoms with Crippen LogP contribution in [0.1, 0.15) is 105 Å². The summed E-state index contributed by atoms with van der Waals surface area (Å²) >= 11 is 0. The lowest BCUT2D eigenvalue weighted by molar-refractivity contribution is -0.384. The maximum atomic E-state index is 14.6. The molecule has 116 heavy (non-hydrogen) atoms. The maximum Gasteiger partial charge on any atom is 0.338 e. The van der Waals surface area contributed by atoms with E-state index in [1.807, 2.05) is 78.8 Å². The number of esters is 3. The zero-order valence-corrected chi connectivity index (χ0v) is 68.6. The molecule has 0 aromatic heterocycles. The summed E-state index contributed by atoms with van der Waals surface area (Å²) in [4.78, 5) is 45.7. The van der Waals surface area contributed by atoms with Gasteiger partial charge in [0.15, 0.2) is 56.4 Å². The van der Waals surface area contributed by atoms with Gasteiger partial charge in [0, 0.05) is 88.6 Å². The minimum Gasteiger partial charge on any atom is -0.459 e. The lowest BCUT2D eigenvalue weighted by Gasteiger charge is -2.52. The quantitative estimate of drug-likeness (QED) is 0.0149. The van der Waals surface area contributed by atoms with E-state index in [4.69, 9.17) is 118 Å². The molecule has 31 nitrogen and oxygen atoms in total. The normalized spacial score (nSPS) is 41.0. The van der Waals surface area contributed by atoms with Crippen LogP contribution in [0.15, 0.2) is 126 Å². The zero-order valence-electron chi connectivity index (χ0n) is 68.6. The first kappa shape index (κ1) is 87.5. The van der Waals surface area contributed by atoms with Gasteiger partial charge in [-0.05, 0) is 59.7 Å². The molecule has 9 aliphatic heterocycles. The summed E-state index contributed by atoms with van der Waals surface area (Å²) < 4.78 is 164. The Hall–Kier alpha value is -6.28. The highest BCUT2D eigenvalue weighted by Crippen LogP contribution is 2.47. The van der Waals surface area contributed by atoms with Crippen molar-refractivity contribution in [3.05, 3.63) is 154 Å². The van der Waals surface area contributed by atoms with E-state index in [2.05, 4.69) is 23.9 Å². The number of hydrogen-bond acceptors (Lipinski definition) is 29. The van der Waals surface area contributed by atoms with Crippen LogP contribution in [0.25, 0.3) is 10.4 Å². The SMILES string of the molecule is COCC1O[C@@H](O[C@H]2C(C)C(C)[C@@H](O[C@H]3C(C)C(OC)[C@H](O[C@H]4C5CO[C@H](O5)C(N=[N+]=[N-])[C@@H]4OC)O[C@H]3COC)O[C@H]2COC)C(OC)[C@@H](C)[C@@H]1O[C@@H]1OC(COC(=O)c2ccccc2)[C@@H](O[C@@H]2O[C@@H](COC(=O)c3ccccc3)[C@@H](O[C@H]3O[C@H]4COC(c5ccccc5)O[C@H]4C(C)C3C)C(C)C2OC(=O)c2ccccc2)[C@H](C)C1C. The number of azide groups is 1. The predicted molar refractivity (Wildman–Crippen MR) is 408 cm³/mol. The summed E-state index contributed by atoms with van der Waals surface area (Å²) in [6.45, 7) is 18.1. The molecule has 0 radical (unpaired) electrons. The third-order valence-electron chi connectivity index (χ3n) is 24.9. The summed E-state index contributed by atoms with van der Waals surface area (Å²) in [5, 5.41) is 3.95. The largest absolute Gasteiger partial charge is 0.459 e. The van der Waals surface area contributed by atoms with Crippen LogP contribution >= 0.6 is 0 Å². The molecule has 4 aromatic rings. The number of fused-ring (bicyclic) bond motifs is 3. The van der Waals surface area contributed by atoms with Gasteiger partial charge in [0.2, 0.25) is 0 Å². The molecule has 9 aliphatic rings. The van der Waals surface area contributed by atoms with Crippen LogP contribution in [0, 0.1) is 53.3 Å². The molecule has 4 aromatic carbocycles. The van der Waals surface area contributed by atoms with Gasteiger partial charge in [-0.25, -0.2) is 14.4 Å². The van der Waals surface area contributed by atoms with Crippen molar-refractivity contribution >= 4 is 17.9 Å². The minimum absolute atomic E-state index is 0.0544. The first-order chi connectivity index (χ1) is 56.2. The van der Waals surface area contributed by atoms with Gasteiger partial charge in [0.05, 0.1) is 92.5 Å². The van der Waals surface area contributed by atoms with Crippen LogP contribution < -0.4 is 0 Å². The Balaban J connectivity index is 0.732. The van der Waals surface area contributed by atoms with E-state index in [0.717, 1.165) is 5.56 Å². The molecule has 36 atom stereocenters. The molecule has 2 bridgehead atoms. The second kappa shape index (κ2) is 40.4. The summed E-state index contributed by atoms with van der Waals surface area (Å²) in [7, 11) is 9.43. The number of carbonyl (C=O) groups is 3. The van der Waals surface area contributed by atoms with E-state index < -0.39 is 202 Å². The lowest BCUT2D eigenvalue weighted by Crippen LogP contribution is -2.64. The summed E-state index contributed by atoms with van der Waals surface area (Å²) in [6, 6.07) is 34.7. The molecule has 9 fully saturated rings. The number of nitrogens with zero attached hydrogens (tertiary/aromatic N) is 3. The van der Waals surface area contributed by atoms with Crippen molar-refractivity contribution in [3.63, 3.8) is 0 Å². The first-order valence-electron chi connectivity index (χ1n) is 40.4. The highest BCUT2D eigenvalue weighted by atomic mass is 16.8. The fourth-order valence-corrected chi connectivity index (χ4v) is 17.7. The first-order valence-corrected chi connectivity index (χ1v) is 40.4. The fourth-order valence-electron chi connectivity index (χ4n) is 17.7. The maximum absolute atomic E-state index is 14.6. The van der Waals surface area contributed by atoms with Crippen molar-refractivity contribution in [1.29, 1.82) is 0 Å². The third kappa shape index (κ3) is 19.4. The van der Waals surface area contributed by atoms with Crippen LogP contribution in [-0.4, -0.2) is 267 Å². The average molecular weight is 1630 g/mol. The van der Waals surface area contributed by atoms with Gasteiger partial charge in [0.1, 0.15) is 80.3 Å². The Bertz CT molecular complexity index is 3780. The van der Waals surface area contributed by atoms with Gasteiger partial charge in [-0.3, -0.25) is 0 Å². The molecule has 0 amide bonds. The molecule has 0 N–H and O–H groups in total. The van der Waals surface area contributed by atoms with E-state index in [9.17, 15) is 19.9 Å². The van der Waals surface area contributed by atoms with Crippen LogP contribution in [-0.2, 0) is 118 Å².